The molecule has 1 aromatic carbocycles. The van der Waals surface area contributed by atoms with Gasteiger partial charge in [0.2, 0.25) is 0 Å². The van der Waals surface area contributed by atoms with E-state index < -0.39 is 22.8 Å². The summed E-state index contributed by atoms with van der Waals surface area (Å²) in [7, 11) is 1.24. The molecule has 0 aliphatic carbocycles. The Morgan fingerprint density at radius 3 is 2.43 bits per heavy atom. The van der Waals surface area contributed by atoms with Gasteiger partial charge in [0.25, 0.3) is 5.69 Å². The van der Waals surface area contributed by atoms with Gasteiger partial charge in [-0.3, -0.25) is 10.1 Å². The van der Waals surface area contributed by atoms with Gasteiger partial charge in [0.1, 0.15) is 6.61 Å². The zero-order chi connectivity index (χ0) is 22.3. The first-order valence-corrected chi connectivity index (χ1v) is 9.28. The van der Waals surface area contributed by atoms with Crippen molar-refractivity contribution >= 4 is 17.6 Å². The summed E-state index contributed by atoms with van der Waals surface area (Å²) < 4.78 is 10.3. The lowest BCUT2D eigenvalue weighted by atomic mass is 9.80. The van der Waals surface area contributed by atoms with Gasteiger partial charge < -0.3 is 14.8 Å². The number of nitro benzene ring substituents is 1. The highest BCUT2D eigenvalue weighted by Gasteiger charge is 2.38. The van der Waals surface area contributed by atoms with Gasteiger partial charge in [-0.25, -0.2) is 9.59 Å². The van der Waals surface area contributed by atoms with Crippen LogP contribution in [0.25, 0.3) is 0 Å². The Morgan fingerprint density at radius 1 is 1.17 bits per heavy atom. The summed E-state index contributed by atoms with van der Waals surface area (Å²) >= 11 is 0. The maximum Gasteiger partial charge on any atom is 0.337 e. The van der Waals surface area contributed by atoms with Crippen LogP contribution in [0.3, 0.4) is 0 Å². The minimum absolute atomic E-state index is 0.0395. The molecule has 0 aromatic heterocycles. The predicted octanol–water partition coefficient (Wildman–Crippen LogP) is 3.68. The number of hydrogen-bond donors (Lipinski definition) is 1. The van der Waals surface area contributed by atoms with E-state index in [-0.39, 0.29) is 23.4 Å². The number of ether oxygens (including phenoxy) is 2. The molecule has 8 nitrogen and oxygen atoms in total. The first-order valence-electron chi connectivity index (χ1n) is 9.28. The summed E-state index contributed by atoms with van der Waals surface area (Å²) in [5.41, 5.74) is 1.66. The lowest BCUT2D eigenvalue weighted by Crippen LogP contribution is -2.32. The number of hydrogen-bond acceptors (Lipinski definition) is 7. The molecule has 0 saturated carbocycles. The highest BCUT2D eigenvalue weighted by Crippen LogP contribution is 2.40. The Labute approximate surface area is 174 Å². The third kappa shape index (κ3) is 5.02. The van der Waals surface area contributed by atoms with Gasteiger partial charge in [-0.1, -0.05) is 30.4 Å². The molecule has 8 heteroatoms. The van der Waals surface area contributed by atoms with Gasteiger partial charge in [-0.15, -0.1) is 0 Å². The standard InChI is InChI=1S/C22H24N2O6/c1-5-6-7-8-12-30-22(26)19-15(3)23-14(2)18(21(25)29-4)20(19)16-10-9-11-17(13-16)24(27)28/h5-11,13,20,23H,12H2,1-4H3. The molecular formula is C22H24N2O6. The van der Waals surface area contributed by atoms with Crippen LogP contribution in [0.15, 0.2) is 71.1 Å². The van der Waals surface area contributed by atoms with Crippen molar-refractivity contribution in [3.05, 3.63) is 86.8 Å². The maximum atomic E-state index is 12.9. The number of carbonyl (C=O) groups is 2. The largest absolute Gasteiger partial charge is 0.466 e. The van der Waals surface area contributed by atoms with Crippen molar-refractivity contribution in [3.8, 4) is 0 Å². The van der Waals surface area contributed by atoms with E-state index in [0.717, 1.165) is 0 Å². The van der Waals surface area contributed by atoms with Gasteiger partial charge >= 0.3 is 11.9 Å². The predicted molar refractivity (Wildman–Crippen MR) is 111 cm³/mol. The molecule has 1 aliphatic heterocycles. The number of nitrogens with one attached hydrogen (secondary N) is 1. The molecule has 1 heterocycles. The molecule has 0 saturated heterocycles. The molecule has 0 amide bonds. The van der Waals surface area contributed by atoms with E-state index in [1.807, 2.05) is 13.0 Å². The number of methoxy groups -OCH3 is 1. The van der Waals surface area contributed by atoms with Crippen LogP contribution in [0, 0.1) is 10.1 Å². The Hall–Kier alpha value is -3.68. The third-order valence-electron chi connectivity index (χ3n) is 4.55. The molecule has 1 aliphatic rings. The van der Waals surface area contributed by atoms with Crippen molar-refractivity contribution in [2.24, 2.45) is 0 Å². The molecule has 0 fully saturated rings. The van der Waals surface area contributed by atoms with Crippen LogP contribution < -0.4 is 5.32 Å². The van der Waals surface area contributed by atoms with Crippen LogP contribution in [-0.2, 0) is 19.1 Å². The van der Waals surface area contributed by atoms with Gasteiger partial charge in [-0.2, -0.15) is 0 Å². The first kappa shape index (κ1) is 22.6. The van der Waals surface area contributed by atoms with Crippen LogP contribution >= 0.6 is 0 Å². The molecule has 0 bridgehead atoms. The number of dihydropyridines is 1. The first-order chi connectivity index (χ1) is 14.3. The molecule has 1 aromatic rings. The van der Waals surface area contributed by atoms with Crippen molar-refractivity contribution in [2.45, 2.75) is 26.7 Å². The van der Waals surface area contributed by atoms with E-state index in [1.165, 1.54) is 25.3 Å². The number of non-ortho nitro benzene ring substituents is 1. The number of nitrogens with zero attached hydrogens (tertiary/aromatic N) is 1. The number of rotatable bonds is 7. The monoisotopic (exact) mass is 412 g/mol. The maximum absolute atomic E-state index is 12.9. The van der Waals surface area contributed by atoms with Crippen molar-refractivity contribution in [1.82, 2.24) is 5.32 Å². The van der Waals surface area contributed by atoms with E-state index in [1.54, 1.807) is 38.1 Å². The molecule has 0 spiro atoms. The molecular weight excluding hydrogens is 388 g/mol. The molecule has 1 unspecified atom stereocenters. The van der Waals surface area contributed by atoms with Crippen molar-refractivity contribution in [3.63, 3.8) is 0 Å². The quantitative estimate of drug-likeness (QED) is 0.315. The topological polar surface area (TPSA) is 108 Å². The Morgan fingerprint density at radius 2 is 1.83 bits per heavy atom. The number of esters is 2. The summed E-state index contributed by atoms with van der Waals surface area (Å²) in [6.07, 6.45) is 7.06. The van der Waals surface area contributed by atoms with Gasteiger partial charge in [0.05, 0.1) is 29.1 Å². The third-order valence-corrected chi connectivity index (χ3v) is 4.55. The summed E-state index contributed by atoms with van der Waals surface area (Å²) in [5, 5.41) is 14.3. The smallest absolute Gasteiger partial charge is 0.337 e. The fourth-order valence-corrected chi connectivity index (χ4v) is 3.24. The van der Waals surface area contributed by atoms with Crippen molar-refractivity contribution in [2.75, 3.05) is 13.7 Å². The summed E-state index contributed by atoms with van der Waals surface area (Å²) in [6.45, 7) is 5.28. The molecule has 0 radical (unpaired) electrons. The van der Waals surface area contributed by atoms with Gasteiger partial charge in [0.15, 0.2) is 0 Å². The molecule has 1 atom stereocenters. The van der Waals surface area contributed by atoms with E-state index in [2.05, 4.69) is 5.32 Å². The zero-order valence-corrected chi connectivity index (χ0v) is 17.3. The van der Waals surface area contributed by atoms with Gasteiger partial charge in [-0.05, 0) is 32.4 Å². The second kappa shape index (κ2) is 10.2. The fraction of sp³-hybridized carbons (Fsp3) is 0.273. The lowest BCUT2D eigenvalue weighted by Gasteiger charge is -2.30. The van der Waals surface area contributed by atoms with E-state index >= 15 is 0 Å². The molecule has 30 heavy (non-hydrogen) atoms. The van der Waals surface area contributed by atoms with E-state index in [0.29, 0.717) is 17.0 Å². The normalized spacial score (nSPS) is 16.7. The number of nitro groups is 1. The number of allylic oxidation sites excluding steroid dienone is 5. The van der Waals surface area contributed by atoms with Crippen LogP contribution in [0.2, 0.25) is 0 Å². The van der Waals surface area contributed by atoms with E-state index in [4.69, 9.17) is 9.47 Å². The minimum atomic E-state index is -0.870. The minimum Gasteiger partial charge on any atom is -0.466 e. The highest BCUT2D eigenvalue weighted by atomic mass is 16.6. The average molecular weight is 412 g/mol. The number of carbonyl (C=O) groups excluding carboxylic acids is 2. The van der Waals surface area contributed by atoms with Crippen LogP contribution in [0.1, 0.15) is 32.3 Å². The molecule has 2 rings (SSSR count). The molecule has 158 valence electrons. The van der Waals surface area contributed by atoms with Crippen molar-refractivity contribution in [1.29, 1.82) is 0 Å². The molecule has 1 N–H and O–H groups in total. The van der Waals surface area contributed by atoms with Crippen LogP contribution in [0.5, 0.6) is 0 Å². The summed E-state index contributed by atoms with van der Waals surface area (Å²) in [5.74, 6) is -2.14. The fourth-order valence-electron chi connectivity index (χ4n) is 3.24. The zero-order valence-electron chi connectivity index (χ0n) is 17.3. The van der Waals surface area contributed by atoms with Crippen LogP contribution in [0.4, 0.5) is 5.69 Å². The number of benzene rings is 1. The SMILES string of the molecule is CC=CC=CCOC(=O)C1=C(C)NC(C)=C(C(=O)OC)C1c1cccc([N+](=O)[O-])c1. The van der Waals surface area contributed by atoms with Crippen molar-refractivity contribution < 1.29 is 24.0 Å². The Kier molecular flexibility index (Phi) is 7.69. The van der Waals surface area contributed by atoms with E-state index in [9.17, 15) is 19.7 Å². The summed E-state index contributed by atoms with van der Waals surface area (Å²) in [4.78, 5) is 36.2. The average Bonchev–Trinajstić information content (AvgIpc) is 2.72. The summed E-state index contributed by atoms with van der Waals surface area (Å²) in [6, 6.07) is 5.84. The second-order valence-electron chi connectivity index (χ2n) is 6.53. The van der Waals surface area contributed by atoms with Gasteiger partial charge in [0, 0.05) is 23.5 Å². The Bertz CT molecular complexity index is 972. The highest BCUT2D eigenvalue weighted by molar-refractivity contribution is 5.99. The van der Waals surface area contributed by atoms with Crippen LogP contribution in [-0.4, -0.2) is 30.6 Å². The Balaban J connectivity index is 2.53. The lowest BCUT2D eigenvalue weighted by molar-refractivity contribution is -0.384. The second-order valence-corrected chi connectivity index (χ2v) is 6.53.